The third-order valence-electron chi connectivity index (χ3n) is 4.15. The van der Waals surface area contributed by atoms with Crippen LogP contribution < -0.4 is 5.32 Å². The number of benzene rings is 1. The van der Waals surface area contributed by atoms with Gasteiger partial charge in [-0.05, 0) is 37.5 Å². The fourth-order valence-electron chi connectivity index (χ4n) is 3.03. The number of carbonyl (C=O) groups is 1. The highest BCUT2D eigenvalue weighted by molar-refractivity contribution is 7.83. The van der Waals surface area contributed by atoms with Crippen LogP contribution in [0.25, 0.3) is 0 Å². The largest absolute Gasteiger partial charge is 0.382 e. The summed E-state index contributed by atoms with van der Waals surface area (Å²) in [6.07, 6.45) is 6.96. The summed E-state index contributed by atoms with van der Waals surface area (Å²) in [6.45, 7) is 3.85. The summed E-state index contributed by atoms with van der Waals surface area (Å²) in [7, 11) is -0.840. The summed E-state index contributed by atoms with van der Waals surface area (Å²) in [6, 6.07) is 8.06. The van der Waals surface area contributed by atoms with Gasteiger partial charge in [-0.15, -0.1) is 0 Å². The highest BCUT2D eigenvalue weighted by Gasteiger charge is 2.17. The number of hydrogen-bond donors (Lipinski definition) is 1. The molecule has 23 heavy (non-hydrogen) atoms. The third kappa shape index (κ3) is 6.34. The maximum atomic E-state index is 12.4. The first-order valence-electron chi connectivity index (χ1n) is 8.48. The minimum Gasteiger partial charge on any atom is -0.382 e. The van der Waals surface area contributed by atoms with Crippen LogP contribution in [0.2, 0.25) is 0 Å². The van der Waals surface area contributed by atoms with E-state index in [9.17, 15) is 9.00 Å². The number of amides is 1. The molecule has 0 saturated carbocycles. The minimum absolute atomic E-state index is 0.0909. The molecule has 1 aliphatic heterocycles. The van der Waals surface area contributed by atoms with Crippen molar-refractivity contribution in [2.45, 2.75) is 50.8 Å². The van der Waals surface area contributed by atoms with Gasteiger partial charge in [0.2, 0.25) is 5.91 Å². The zero-order valence-corrected chi connectivity index (χ0v) is 15.0. The van der Waals surface area contributed by atoms with Crippen molar-refractivity contribution in [2.75, 3.05) is 24.7 Å². The number of nitrogens with one attached hydrogen (secondary N) is 1. The molecule has 1 saturated heterocycles. The second kappa shape index (κ2) is 9.06. The van der Waals surface area contributed by atoms with Gasteiger partial charge in [0, 0.05) is 54.0 Å². The lowest BCUT2D eigenvalue weighted by Crippen LogP contribution is -2.35. The Morgan fingerprint density at radius 2 is 1.96 bits per heavy atom. The second-order valence-electron chi connectivity index (χ2n) is 6.46. The summed E-state index contributed by atoms with van der Waals surface area (Å²) >= 11 is 0. The molecule has 0 radical (unpaired) electrons. The van der Waals surface area contributed by atoms with Crippen molar-refractivity contribution < 1.29 is 9.00 Å². The average Bonchev–Trinajstić information content (AvgIpc) is 2.75. The molecular formula is C18H28N2O2S. The van der Waals surface area contributed by atoms with E-state index < -0.39 is 10.8 Å². The Morgan fingerprint density at radius 3 is 2.61 bits per heavy atom. The predicted octanol–water partition coefficient (Wildman–Crippen LogP) is 3.16. The maximum absolute atomic E-state index is 12.4. The SMILES string of the molecule is C[C@H](CC(=O)N1CCCCCC1)Nc1cccc(C[S@](C)=O)c1. The Bertz CT molecular complexity index is 540. The summed E-state index contributed by atoms with van der Waals surface area (Å²) in [5, 5.41) is 3.39. The third-order valence-corrected chi connectivity index (χ3v) is 4.89. The molecule has 1 aromatic carbocycles. The van der Waals surface area contributed by atoms with Crippen LogP contribution in [-0.2, 0) is 21.3 Å². The van der Waals surface area contributed by atoms with Crippen molar-refractivity contribution in [1.29, 1.82) is 0 Å². The van der Waals surface area contributed by atoms with Gasteiger partial charge < -0.3 is 10.2 Å². The summed E-state index contributed by atoms with van der Waals surface area (Å²) in [5.74, 6) is 0.814. The maximum Gasteiger partial charge on any atom is 0.224 e. The molecule has 2 rings (SSSR count). The zero-order valence-electron chi connectivity index (χ0n) is 14.2. The van der Waals surface area contributed by atoms with Crippen molar-refractivity contribution in [3.8, 4) is 0 Å². The van der Waals surface area contributed by atoms with Gasteiger partial charge in [0.05, 0.1) is 0 Å². The number of likely N-dealkylation sites (tertiary alicyclic amines) is 1. The van der Waals surface area contributed by atoms with Gasteiger partial charge in [-0.25, -0.2) is 0 Å². The lowest BCUT2D eigenvalue weighted by molar-refractivity contribution is -0.131. The first-order chi connectivity index (χ1) is 11.0. The number of anilines is 1. The fraction of sp³-hybridized carbons (Fsp3) is 0.611. The molecule has 0 aromatic heterocycles. The van der Waals surface area contributed by atoms with Crippen LogP contribution in [-0.4, -0.2) is 40.4 Å². The van der Waals surface area contributed by atoms with Gasteiger partial charge in [-0.3, -0.25) is 9.00 Å². The Labute approximate surface area is 142 Å². The molecule has 1 amide bonds. The Morgan fingerprint density at radius 1 is 1.26 bits per heavy atom. The number of rotatable bonds is 6. The summed E-state index contributed by atoms with van der Waals surface area (Å²) < 4.78 is 11.3. The van der Waals surface area contributed by atoms with Crippen LogP contribution in [0.4, 0.5) is 5.69 Å². The standard InChI is InChI=1S/C18H28N2O2S/c1-15(12-18(21)20-10-5-3-4-6-11-20)19-17-9-7-8-16(13-17)14-23(2)22/h7-9,13,15,19H,3-6,10-12,14H2,1-2H3/t15-,23+/m1/s1. The smallest absolute Gasteiger partial charge is 0.224 e. The molecule has 2 atom stereocenters. The van der Waals surface area contributed by atoms with Gasteiger partial charge in [0.15, 0.2) is 0 Å². The summed E-state index contributed by atoms with van der Waals surface area (Å²) in [5.41, 5.74) is 2.05. The topological polar surface area (TPSA) is 49.4 Å². The van der Waals surface area contributed by atoms with Crippen molar-refractivity contribution in [2.24, 2.45) is 0 Å². The van der Waals surface area contributed by atoms with E-state index in [-0.39, 0.29) is 11.9 Å². The van der Waals surface area contributed by atoms with Gasteiger partial charge >= 0.3 is 0 Å². The fourth-order valence-corrected chi connectivity index (χ4v) is 3.68. The monoisotopic (exact) mass is 336 g/mol. The quantitative estimate of drug-likeness (QED) is 0.868. The van der Waals surface area contributed by atoms with E-state index in [1.807, 2.05) is 36.1 Å². The molecular weight excluding hydrogens is 308 g/mol. The molecule has 0 aliphatic carbocycles. The van der Waals surface area contributed by atoms with E-state index in [0.29, 0.717) is 12.2 Å². The van der Waals surface area contributed by atoms with E-state index in [0.717, 1.165) is 37.2 Å². The molecule has 128 valence electrons. The van der Waals surface area contributed by atoms with E-state index >= 15 is 0 Å². The normalized spacial score (nSPS) is 18.1. The highest BCUT2D eigenvalue weighted by Crippen LogP contribution is 2.16. The highest BCUT2D eigenvalue weighted by atomic mass is 32.2. The molecule has 4 nitrogen and oxygen atoms in total. The lowest BCUT2D eigenvalue weighted by atomic mass is 10.1. The molecule has 5 heteroatoms. The Hall–Kier alpha value is -1.36. The lowest BCUT2D eigenvalue weighted by Gasteiger charge is -2.23. The van der Waals surface area contributed by atoms with Crippen LogP contribution in [0.15, 0.2) is 24.3 Å². The number of hydrogen-bond acceptors (Lipinski definition) is 3. The van der Waals surface area contributed by atoms with Crippen LogP contribution in [0.1, 0.15) is 44.6 Å². The zero-order chi connectivity index (χ0) is 16.7. The number of carbonyl (C=O) groups excluding carboxylic acids is 1. The van der Waals surface area contributed by atoms with Crippen LogP contribution in [0.3, 0.4) is 0 Å². The van der Waals surface area contributed by atoms with Crippen molar-refractivity contribution in [3.63, 3.8) is 0 Å². The molecule has 0 bridgehead atoms. The van der Waals surface area contributed by atoms with Gasteiger partial charge in [0.25, 0.3) is 0 Å². The molecule has 1 heterocycles. The van der Waals surface area contributed by atoms with Gasteiger partial charge in [-0.2, -0.15) is 0 Å². The van der Waals surface area contributed by atoms with Crippen LogP contribution in [0.5, 0.6) is 0 Å². The van der Waals surface area contributed by atoms with Crippen molar-refractivity contribution >= 4 is 22.4 Å². The first kappa shape index (κ1) is 18.0. The van der Waals surface area contributed by atoms with Crippen LogP contribution >= 0.6 is 0 Å². The molecule has 1 aromatic rings. The van der Waals surface area contributed by atoms with Crippen molar-refractivity contribution in [3.05, 3.63) is 29.8 Å². The average molecular weight is 337 g/mol. The Kier molecular flexibility index (Phi) is 7.09. The molecule has 0 unspecified atom stereocenters. The van der Waals surface area contributed by atoms with E-state index in [1.165, 1.54) is 12.8 Å². The van der Waals surface area contributed by atoms with Gasteiger partial charge in [0.1, 0.15) is 0 Å². The van der Waals surface area contributed by atoms with Crippen molar-refractivity contribution in [1.82, 2.24) is 4.90 Å². The number of nitrogens with zero attached hydrogens (tertiary/aromatic N) is 1. The molecule has 1 N–H and O–H groups in total. The molecule has 0 spiro atoms. The van der Waals surface area contributed by atoms with E-state index in [2.05, 4.69) is 5.32 Å². The minimum atomic E-state index is -0.840. The van der Waals surface area contributed by atoms with Gasteiger partial charge in [-0.1, -0.05) is 25.0 Å². The first-order valence-corrected chi connectivity index (χ1v) is 10.2. The predicted molar refractivity (Wildman–Crippen MR) is 97.0 cm³/mol. The van der Waals surface area contributed by atoms with E-state index in [4.69, 9.17) is 0 Å². The molecule has 1 aliphatic rings. The Balaban J connectivity index is 1.87. The van der Waals surface area contributed by atoms with Crippen LogP contribution in [0, 0.1) is 0 Å². The van der Waals surface area contributed by atoms with E-state index in [1.54, 1.807) is 6.26 Å². The summed E-state index contributed by atoms with van der Waals surface area (Å²) in [4.78, 5) is 14.4. The molecule has 1 fully saturated rings. The second-order valence-corrected chi connectivity index (χ2v) is 7.90.